The van der Waals surface area contributed by atoms with Crippen LogP contribution in [0.4, 0.5) is 11.4 Å². The molecule has 1 fully saturated rings. The van der Waals surface area contributed by atoms with Crippen LogP contribution in [0.5, 0.6) is 0 Å². The lowest BCUT2D eigenvalue weighted by molar-refractivity contribution is -0.122. The van der Waals surface area contributed by atoms with Gasteiger partial charge in [0.1, 0.15) is 0 Å². The summed E-state index contributed by atoms with van der Waals surface area (Å²) in [6.07, 6.45) is 1.76. The van der Waals surface area contributed by atoms with Crippen molar-refractivity contribution in [2.75, 3.05) is 23.4 Å². The lowest BCUT2D eigenvalue weighted by atomic mass is 9.97. The first-order valence-corrected chi connectivity index (χ1v) is 8.87. The van der Waals surface area contributed by atoms with Crippen molar-refractivity contribution in [3.8, 4) is 0 Å². The highest BCUT2D eigenvalue weighted by atomic mass is 35.5. The van der Waals surface area contributed by atoms with E-state index in [-0.39, 0.29) is 17.7 Å². The van der Waals surface area contributed by atoms with Crippen molar-refractivity contribution in [1.82, 2.24) is 5.43 Å². The van der Waals surface area contributed by atoms with Crippen molar-refractivity contribution < 1.29 is 9.59 Å². The average Bonchev–Trinajstić information content (AvgIpc) is 2.66. The molecule has 2 aromatic carbocycles. The topological polar surface area (TPSA) is 87.5 Å². The summed E-state index contributed by atoms with van der Waals surface area (Å²) in [6.45, 7) is 1.50. The molecule has 0 bridgehead atoms. The van der Waals surface area contributed by atoms with Gasteiger partial charge in [0.25, 0.3) is 5.91 Å². The smallest absolute Gasteiger partial charge is 0.269 e. The number of nitrogens with two attached hydrogens (primary N) is 1. The Morgan fingerprint density at radius 1 is 1.15 bits per heavy atom. The van der Waals surface area contributed by atoms with Crippen LogP contribution in [-0.4, -0.2) is 24.9 Å². The third kappa shape index (κ3) is 4.46. The highest BCUT2D eigenvalue weighted by Gasteiger charge is 2.24. The third-order valence-electron chi connectivity index (χ3n) is 4.46. The van der Waals surface area contributed by atoms with Gasteiger partial charge < -0.3 is 10.6 Å². The third-order valence-corrected chi connectivity index (χ3v) is 4.70. The number of primary amides is 1. The van der Waals surface area contributed by atoms with Gasteiger partial charge in [0, 0.05) is 29.4 Å². The summed E-state index contributed by atoms with van der Waals surface area (Å²) in [5.41, 5.74) is 13.1. The maximum absolute atomic E-state index is 12.3. The summed E-state index contributed by atoms with van der Waals surface area (Å²) < 4.78 is 0. The van der Waals surface area contributed by atoms with Crippen molar-refractivity contribution in [1.29, 1.82) is 0 Å². The normalized spacial score (nSPS) is 16.8. The molecular formula is C19H21ClN4O2. The molecule has 0 spiro atoms. The average molecular weight is 373 g/mol. The van der Waals surface area contributed by atoms with Crippen LogP contribution in [0.2, 0.25) is 5.02 Å². The molecule has 2 aromatic rings. The standard InChI is InChI=1S/C19H21ClN4O2/c20-15-4-1-5-16(11-15)22-23-19(26)13-6-8-17(9-7-13)24-10-2-3-14(12-24)18(21)25/h1,4-9,11,14,22H,2-3,10,12H2,(H2,21,25)(H,23,26). The van der Waals surface area contributed by atoms with Crippen LogP contribution in [0.3, 0.4) is 0 Å². The quantitative estimate of drug-likeness (QED) is 0.704. The number of carbonyl (C=O) groups excluding carboxylic acids is 2. The predicted octanol–water partition coefficient (Wildman–Crippen LogP) is 2.80. The van der Waals surface area contributed by atoms with Crippen LogP contribution < -0.4 is 21.5 Å². The second kappa shape index (κ2) is 8.10. The Morgan fingerprint density at radius 2 is 1.92 bits per heavy atom. The van der Waals surface area contributed by atoms with Gasteiger partial charge >= 0.3 is 0 Å². The fourth-order valence-electron chi connectivity index (χ4n) is 3.03. The van der Waals surface area contributed by atoms with Crippen molar-refractivity contribution in [2.45, 2.75) is 12.8 Å². The van der Waals surface area contributed by atoms with E-state index in [2.05, 4.69) is 15.8 Å². The summed E-state index contributed by atoms with van der Waals surface area (Å²) in [5.74, 6) is -0.614. The molecule has 0 aliphatic carbocycles. The van der Waals surface area contributed by atoms with Crippen LogP contribution in [0, 0.1) is 5.92 Å². The van der Waals surface area contributed by atoms with Crippen molar-refractivity contribution in [3.05, 3.63) is 59.1 Å². The summed E-state index contributed by atoms with van der Waals surface area (Å²) in [6, 6.07) is 14.4. The van der Waals surface area contributed by atoms with Crippen molar-refractivity contribution in [3.63, 3.8) is 0 Å². The zero-order valence-electron chi connectivity index (χ0n) is 14.2. The molecule has 26 heavy (non-hydrogen) atoms. The molecule has 6 nitrogen and oxygen atoms in total. The molecule has 4 N–H and O–H groups in total. The van der Waals surface area contributed by atoms with E-state index >= 15 is 0 Å². The van der Waals surface area contributed by atoms with Crippen LogP contribution in [0.1, 0.15) is 23.2 Å². The van der Waals surface area contributed by atoms with E-state index in [4.69, 9.17) is 17.3 Å². The Hall–Kier alpha value is -2.73. The summed E-state index contributed by atoms with van der Waals surface area (Å²) >= 11 is 5.91. The monoisotopic (exact) mass is 372 g/mol. The Balaban J connectivity index is 1.60. The largest absolute Gasteiger partial charge is 0.371 e. The highest BCUT2D eigenvalue weighted by molar-refractivity contribution is 6.30. The van der Waals surface area contributed by atoms with E-state index < -0.39 is 0 Å². The number of nitrogens with one attached hydrogen (secondary N) is 2. The summed E-state index contributed by atoms with van der Waals surface area (Å²) in [7, 11) is 0. The second-order valence-electron chi connectivity index (χ2n) is 6.32. The number of piperidine rings is 1. The molecule has 0 radical (unpaired) electrons. The van der Waals surface area contributed by atoms with Gasteiger partial charge in [0.2, 0.25) is 5.91 Å². The number of amides is 2. The molecular weight excluding hydrogens is 352 g/mol. The summed E-state index contributed by atoms with van der Waals surface area (Å²) in [4.78, 5) is 25.8. The fourth-order valence-corrected chi connectivity index (χ4v) is 3.23. The van der Waals surface area contributed by atoms with E-state index in [0.717, 1.165) is 25.1 Å². The molecule has 0 aromatic heterocycles. The highest BCUT2D eigenvalue weighted by Crippen LogP contribution is 2.23. The first-order valence-electron chi connectivity index (χ1n) is 8.49. The van der Waals surface area contributed by atoms with Gasteiger partial charge in [0.15, 0.2) is 0 Å². The van der Waals surface area contributed by atoms with Crippen molar-refractivity contribution >= 4 is 34.8 Å². The maximum atomic E-state index is 12.3. The Kier molecular flexibility index (Phi) is 5.63. The summed E-state index contributed by atoms with van der Waals surface area (Å²) in [5, 5.41) is 0.587. The maximum Gasteiger partial charge on any atom is 0.269 e. The van der Waals surface area contributed by atoms with Gasteiger partial charge in [0.05, 0.1) is 11.6 Å². The number of hydrazine groups is 1. The number of hydrogen-bond acceptors (Lipinski definition) is 4. The van der Waals surface area contributed by atoms with Crippen LogP contribution in [-0.2, 0) is 4.79 Å². The second-order valence-corrected chi connectivity index (χ2v) is 6.76. The number of halogens is 1. The van der Waals surface area contributed by atoms with Gasteiger partial charge in [-0.1, -0.05) is 17.7 Å². The zero-order chi connectivity index (χ0) is 18.5. The van der Waals surface area contributed by atoms with E-state index in [1.165, 1.54) is 0 Å². The molecule has 136 valence electrons. The van der Waals surface area contributed by atoms with Gasteiger partial charge in [-0.2, -0.15) is 0 Å². The predicted molar refractivity (Wildman–Crippen MR) is 103 cm³/mol. The van der Waals surface area contributed by atoms with Gasteiger partial charge in [-0.25, -0.2) is 0 Å². The first-order chi connectivity index (χ1) is 12.5. The fraction of sp³-hybridized carbons (Fsp3) is 0.263. The number of carbonyl (C=O) groups is 2. The van der Waals surface area contributed by atoms with Gasteiger partial charge in [-0.05, 0) is 55.3 Å². The van der Waals surface area contributed by atoms with E-state index in [1.807, 2.05) is 12.1 Å². The van der Waals surface area contributed by atoms with E-state index in [0.29, 0.717) is 22.8 Å². The number of hydrogen-bond donors (Lipinski definition) is 3. The SMILES string of the molecule is NC(=O)C1CCCN(c2ccc(C(=O)NNc3cccc(Cl)c3)cc2)C1. The Bertz CT molecular complexity index is 794. The van der Waals surface area contributed by atoms with Crippen molar-refractivity contribution in [2.24, 2.45) is 11.7 Å². The number of benzene rings is 2. The minimum atomic E-state index is -0.252. The minimum Gasteiger partial charge on any atom is -0.371 e. The number of rotatable bonds is 5. The molecule has 3 rings (SSSR count). The molecule has 0 saturated carbocycles. The molecule has 1 atom stereocenters. The van der Waals surface area contributed by atoms with Gasteiger partial charge in [-0.15, -0.1) is 0 Å². The lowest BCUT2D eigenvalue weighted by Crippen LogP contribution is -2.41. The number of nitrogens with zero attached hydrogens (tertiary/aromatic N) is 1. The Morgan fingerprint density at radius 3 is 2.62 bits per heavy atom. The molecule has 1 aliphatic rings. The first kappa shape index (κ1) is 18.1. The molecule has 7 heteroatoms. The Labute approximate surface area is 157 Å². The molecule has 1 saturated heterocycles. The number of anilines is 2. The minimum absolute atomic E-state index is 0.117. The molecule has 1 unspecified atom stereocenters. The lowest BCUT2D eigenvalue weighted by Gasteiger charge is -2.33. The molecule has 2 amide bonds. The molecule has 1 heterocycles. The molecule has 1 aliphatic heterocycles. The van der Waals surface area contributed by atoms with Crippen LogP contribution in [0.25, 0.3) is 0 Å². The van der Waals surface area contributed by atoms with E-state index in [1.54, 1.807) is 36.4 Å². The zero-order valence-corrected chi connectivity index (χ0v) is 15.0. The van der Waals surface area contributed by atoms with E-state index in [9.17, 15) is 9.59 Å². The van der Waals surface area contributed by atoms with Crippen LogP contribution in [0.15, 0.2) is 48.5 Å². The van der Waals surface area contributed by atoms with Crippen LogP contribution >= 0.6 is 11.6 Å². The van der Waals surface area contributed by atoms with Gasteiger partial charge in [-0.3, -0.25) is 20.4 Å².